The van der Waals surface area contributed by atoms with Gasteiger partial charge in [-0.05, 0) is 48.6 Å². The Bertz CT molecular complexity index is 1160. The molecule has 2 aliphatic rings. The van der Waals surface area contributed by atoms with Crippen LogP contribution in [-0.2, 0) is 10.0 Å². The monoisotopic (exact) mass is 457 g/mol. The summed E-state index contributed by atoms with van der Waals surface area (Å²) in [5.74, 6) is 0.973. The molecule has 5 nitrogen and oxygen atoms in total. The molecule has 0 unspecified atom stereocenters. The van der Waals surface area contributed by atoms with E-state index < -0.39 is 10.0 Å². The number of hydrogen-bond acceptors (Lipinski definition) is 4. The lowest BCUT2D eigenvalue weighted by atomic mass is 10.0. The summed E-state index contributed by atoms with van der Waals surface area (Å²) in [6.45, 7) is 11.2. The van der Waals surface area contributed by atoms with Gasteiger partial charge < -0.3 is 9.80 Å². The first-order valence-electron chi connectivity index (χ1n) is 10.6. The molecule has 0 atom stereocenters. The van der Waals surface area contributed by atoms with E-state index in [-0.39, 0.29) is 0 Å². The highest BCUT2D eigenvalue weighted by molar-refractivity contribution is 8.00. The lowest BCUT2D eigenvalue weighted by Gasteiger charge is -2.38. The zero-order valence-electron chi connectivity index (χ0n) is 18.4. The van der Waals surface area contributed by atoms with Crippen molar-refractivity contribution in [1.82, 2.24) is 4.90 Å². The van der Waals surface area contributed by atoms with Crippen LogP contribution in [0.15, 0.2) is 52.4 Å². The van der Waals surface area contributed by atoms with Crippen LogP contribution in [0.4, 0.5) is 5.69 Å². The molecular formula is C24H28ClN3O2S. The molecule has 1 fully saturated rings. The van der Waals surface area contributed by atoms with Gasteiger partial charge in [-0.3, -0.25) is 0 Å². The summed E-state index contributed by atoms with van der Waals surface area (Å²) < 4.78 is 30.0. The van der Waals surface area contributed by atoms with E-state index in [1.807, 2.05) is 49.4 Å². The van der Waals surface area contributed by atoms with Crippen molar-refractivity contribution in [2.24, 2.45) is 4.40 Å². The Labute approximate surface area is 190 Å². The molecular weight excluding hydrogens is 430 g/mol. The summed E-state index contributed by atoms with van der Waals surface area (Å²) in [7, 11) is -3.70. The van der Waals surface area contributed by atoms with E-state index in [2.05, 4.69) is 35.0 Å². The SMILES string of the molecule is CC1=C(c2ccc(C(C)C)cc2)S(=O)(=O)N=C1N1CCN(c2cc(Cl)ccc2C)CC1. The second-order valence-electron chi connectivity index (χ2n) is 8.53. The van der Waals surface area contributed by atoms with E-state index in [0.717, 1.165) is 29.4 Å². The third-order valence-electron chi connectivity index (χ3n) is 6.07. The molecule has 2 heterocycles. The van der Waals surface area contributed by atoms with Crippen molar-refractivity contribution in [2.45, 2.75) is 33.6 Å². The number of aryl methyl sites for hydroxylation is 1. The topological polar surface area (TPSA) is 53.0 Å². The number of sulfonamides is 1. The molecule has 7 heteroatoms. The first-order valence-corrected chi connectivity index (χ1v) is 12.4. The van der Waals surface area contributed by atoms with Crippen LogP contribution < -0.4 is 4.90 Å². The predicted octanol–water partition coefficient (Wildman–Crippen LogP) is 5.07. The standard InChI is InChI=1S/C24H28ClN3O2S/c1-16(2)19-6-8-20(9-7-19)23-18(4)24(26-31(23,29)30)28-13-11-27(12-14-28)22-15-21(25)10-5-17(22)3/h5-10,15-16H,11-14H2,1-4H3. The normalized spacial score (nSPS) is 18.7. The van der Waals surface area contributed by atoms with Gasteiger partial charge in [0.2, 0.25) is 0 Å². The van der Waals surface area contributed by atoms with Crippen molar-refractivity contribution in [3.63, 3.8) is 0 Å². The number of piperazine rings is 1. The van der Waals surface area contributed by atoms with E-state index in [1.54, 1.807) is 0 Å². The third kappa shape index (κ3) is 4.23. The molecule has 0 saturated carbocycles. The van der Waals surface area contributed by atoms with Crippen LogP contribution in [0.2, 0.25) is 5.02 Å². The van der Waals surface area contributed by atoms with Crippen LogP contribution in [0.1, 0.15) is 43.4 Å². The van der Waals surface area contributed by atoms with Crippen LogP contribution >= 0.6 is 11.6 Å². The minimum Gasteiger partial charge on any atom is -0.368 e. The molecule has 0 aliphatic carbocycles. The maximum absolute atomic E-state index is 12.9. The van der Waals surface area contributed by atoms with Gasteiger partial charge in [0.1, 0.15) is 10.7 Å². The van der Waals surface area contributed by atoms with Gasteiger partial charge in [0, 0.05) is 42.5 Å². The third-order valence-corrected chi connectivity index (χ3v) is 7.78. The number of benzene rings is 2. The molecule has 0 N–H and O–H groups in total. The lowest BCUT2D eigenvalue weighted by Crippen LogP contribution is -2.49. The van der Waals surface area contributed by atoms with Crippen LogP contribution in [0.25, 0.3) is 4.91 Å². The molecule has 1 saturated heterocycles. The Balaban J connectivity index is 1.56. The highest BCUT2D eigenvalue weighted by Crippen LogP contribution is 2.35. The van der Waals surface area contributed by atoms with Crippen molar-refractivity contribution >= 4 is 38.1 Å². The van der Waals surface area contributed by atoms with E-state index in [1.165, 1.54) is 11.1 Å². The van der Waals surface area contributed by atoms with Crippen LogP contribution in [0.5, 0.6) is 0 Å². The van der Waals surface area contributed by atoms with E-state index >= 15 is 0 Å². The summed E-state index contributed by atoms with van der Waals surface area (Å²) >= 11 is 6.19. The summed E-state index contributed by atoms with van der Waals surface area (Å²) in [5.41, 5.74) is 4.93. The molecule has 0 spiro atoms. The minimum absolute atomic E-state index is 0.325. The lowest BCUT2D eigenvalue weighted by molar-refractivity contribution is 0.386. The number of nitrogens with zero attached hydrogens (tertiary/aromatic N) is 3. The number of halogens is 1. The summed E-state index contributed by atoms with van der Waals surface area (Å²) in [6.07, 6.45) is 0. The van der Waals surface area contributed by atoms with E-state index in [4.69, 9.17) is 11.6 Å². The van der Waals surface area contributed by atoms with E-state index in [0.29, 0.717) is 35.3 Å². The molecule has 31 heavy (non-hydrogen) atoms. The molecule has 2 aromatic carbocycles. The molecule has 0 aromatic heterocycles. The van der Waals surface area contributed by atoms with Crippen LogP contribution in [0, 0.1) is 6.92 Å². The molecule has 2 aliphatic heterocycles. The first kappa shape index (κ1) is 21.9. The highest BCUT2D eigenvalue weighted by Gasteiger charge is 2.34. The van der Waals surface area contributed by atoms with Gasteiger partial charge in [-0.15, -0.1) is 4.40 Å². The van der Waals surface area contributed by atoms with Gasteiger partial charge in [-0.25, -0.2) is 0 Å². The maximum Gasteiger partial charge on any atom is 0.285 e. The fourth-order valence-corrected chi connectivity index (χ4v) is 5.93. The quantitative estimate of drug-likeness (QED) is 0.645. The fourth-order valence-electron chi connectivity index (χ4n) is 4.29. The van der Waals surface area contributed by atoms with Gasteiger partial charge >= 0.3 is 0 Å². The average Bonchev–Trinajstić information content (AvgIpc) is 2.98. The van der Waals surface area contributed by atoms with Gasteiger partial charge in [-0.2, -0.15) is 8.42 Å². The summed E-state index contributed by atoms with van der Waals surface area (Å²) in [5, 5.41) is 0.723. The van der Waals surface area contributed by atoms with Crippen molar-refractivity contribution in [3.05, 3.63) is 69.8 Å². The van der Waals surface area contributed by atoms with E-state index in [9.17, 15) is 8.42 Å². The van der Waals surface area contributed by atoms with Gasteiger partial charge in [0.15, 0.2) is 0 Å². The van der Waals surface area contributed by atoms with Crippen LogP contribution in [0.3, 0.4) is 0 Å². The van der Waals surface area contributed by atoms with Crippen molar-refractivity contribution in [3.8, 4) is 0 Å². The highest BCUT2D eigenvalue weighted by atomic mass is 35.5. The Morgan fingerprint density at radius 3 is 2.16 bits per heavy atom. The average molecular weight is 458 g/mol. The Hall–Kier alpha value is -2.31. The van der Waals surface area contributed by atoms with Crippen molar-refractivity contribution in [2.75, 3.05) is 31.1 Å². The largest absolute Gasteiger partial charge is 0.368 e. The second kappa shape index (κ2) is 8.32. The zero-order chi connectivity index (χ0) is 22.3. The number of rotatable bonds is 3. The zero-order valence-corrected chi connectivity index (χ0v) is 20.0. The molecule has 0 bridgehead atoms. The maximum atomic E-state index is 12.9. The Morgan fingerprint density at radius 1 is 0.935 bits per heavy atom. The number of hydrogen-bond donors (Lipinski definition) is 0. The molecule has 2 aromatic rings. The van der Waals surface area contributed by atoms with Gasteiger partial charge in [-0.1, -0.05) is 55.8 Å². The van der Waals surface area contributed by atoms with Gasteiger partial charge in [0.25, 0.3) is 10.0 Å². The van der Waals surface area contributed by atoms with Crippen molar-refractivity contribution in [1.29, 1.82) is 0 Å². The number of anilines is 1. The van der Waals surface area contributed by atoms with Crippen LogP contribution in [-0.4, -0.2) is 45.3 Å². The molecule has 0 amide bonds. The Kier molecular flexibility index (Phi) is 5.88. The first-order chi connectivity index (χ1) is 14.7. The number of amidine groups is 1. The van der Waals surface area contributed by atoms with Crippen molar-refractivity contribution < 1.29 is 8.42 Å². The molecule has 4 rings (SSSR count). The molecule has 0 radical (unpaired) electrons. The van der Waals surface area contributed by atoms with Gasteiger partial charge in [0.05, 0.1) is 0 Å². The second-order valence-corrected chi connectivity index (χ2v) is 10.5. The predicted molar refractivity (Wildman–Crippen MR) is 129 cm³/mol. The minimum atomic E-state index is -3.70. The fraction of sp³-hybridized carbons (Fsp3) is 0.375. The smallest absolute Gasteiger partial charge is 0.285 e. The molecule has 164 valence electrons. The summed E-state index contributed by atoms with van der Waals surface area (Å²) in [6, 6.07) is 13.7. The Morgan fingerprint density at radius 2 is 1.55 bits per heavy atom. The summed E-state index contributed by atoms with van der Waals surface area (Å²) in [4.78, 5) is 4.70.